The van der Waals surface area contributed by atoms with Gasteiger partial charge in [0.05, 0.1) is 29.6 Å². The van der Waals surface area contributed by atoms with Gasteiger partial charge in [-0.1, -0.05) is 0 Å². The van der Waals surface area contributed by atoms with Gasteiger partial charge in [0.25, 0.3) is 0 Å². The number of nitrogens with one attached hydrogen (secondary N) is 1. The Bertz CT molecular complexity index is 835. The Balaban J connectivity index is 2.03. The quantitative estimate of drug-likeness (QED) is 0.841. The molecular formula is C18H22N4O2. The number of aliphatic hydroxyl groups is 1. The lowest BCUT2D eigenvalue weighted by Gasteiger charge is -2.29. The van der Waals surface area contributed by atoms with Crippen LogP contribution in [0.3, 0.4) is 0 Å². The summed E-state index contributed by atoms with van der Waals surface area (Å²) in [5, 5.41) is 12.7. The first-order chi connectivity index (χ1) is 11.3. The fourth-order valence-electron chi connectivity index (χ4n) is 3.02. The first-order valence-electron chi connectivity index (χ1n) is 8.21. The Morgan fingerprint density at radius 3 is 2.75 bits per heavy atom. The smallest absolute Gasteiger partial charge is 0.229 e. The molecule has 6 heteroatoms. The molecule has 1 aromatic carbocycles. The van der Waals surface area contributed by atoms with E-state index >= 15 is 0 Å². The highest BCUT2D eigenvalue weighted by Gasteiger charge is 2.27. The number of anilines is 1. The number of nitrogens with zero attached hydrogens (tertiary/aromatic N) is 3. The van der Waals surface area contributed by atoms with Crippen molar-refractivity contribution < 1.29 is 9.90 Å². The Hall–Kier alpha value is -2.39. The van der Waals surface area contributed by atoms with Gasteiger partial charge in [0.2, 0.25) is 11.9 Å². The van der Waals surface area contributed by atoms with Crippen LogP contribution in [0.1, 0.15) is 51.1 Å². The highest BCUT2D eigenvalue weighted by molar-refractivity contribution is 5.93. The number of fused-ring (bicyclic) bond motifs is 1. The van der Waals surface area contributed by atoms with Gasteiger partial charge in [-0.15, -0.1) is 0 Å². The number of benzene rings is 1. The number of hydrogen-bond donors (Lipinski definition) is 2. The number of rotatable bonds is 4. The van der Waals surface area contributed by atoms with Crippen LogP contribution in [0.15, 0.2) is 12.1 Å². The molecule has 1 heterocycles. The second kappa shape index (κ2) is 5.91. The van der Waals surface area contributed by atoms with Crippen LogP contribution < -0.4 is 5.32 Å². The summed E-state index contributed by atoms with van der Waals surface area (Å²) in [7, 11) is 0. The van der Waals surface area contributed by atoms with Crippen LogP contribution in [0.25, 0.3) is 15.9 Å². The summed E-state index contributed by atoms with van der Waals surface area (Å²) in [6, 6.07) is 4.05. The molecule has 1 amide bonds. The predicted molar refractivity (Wildman–Crippen MR) is 93.2 cm³/mol. The van der Waals surface area contributed by atoms with Crippen molar-refractivity contribution >= 4 is 28.6 Å². The number of amides is 1. The van der Waals surface area contributed by atoms with Crippen molar-refractivity contribution in [1.29, 1.82) is 0 Å². The minimum absolute atomic E-state index is 0.00715. The lowest BCUT2D eigenvalue weighted by atomic mass is 9.92. The molecule has 0 aliphatic heterocycles. The topological polar surface area (TPSA) is 71.5 Å². The van der Waals surface area contributed by atoms with Gasteiger partial charge in [-0.25, -0.2) is 9.83 Å². The van der Waals surface area contributed by atoms with E-state index in [1.54, 1.807) is 13.8 Å². The maximum absolute atomic E-state index is 12.2. The van der Waals surface area contributed by atoms with Gasteiger partial charge in [0.15, 0.2) is 5.69 Å². The van der Waals surface area contributed by atoms with Crippen molar-refractivity contribution in [2.24, 2.45) is 0 Å². The molecule has 3 rings (SSSR count). The third-order valence-corrected chi connectivity index (χ3v) is 4.41. The molecule has 0 unspecified atom stereocenters. The van der Waals surface area contributed by atoms with Crippen LogP contribution >= 0.6 is 0 Å². The number of carbonyl (C=O) groups excluding carboxylic acids is 1. The summed E-state index contributed by atoms with van der Waals surface area (Å²) < 4.78 is 2.04. The molecule has 1 saturated carbocycles. The molecule has 0 atom stereocenters. The monoisotopic (exact) mass is 326 g/mol. The summed E-state index contributed by atoms with van der Waals surface area (Å²) in [4.78, 5) is 20.3. The van der Waals surface area contributed by atoms with Crippen molar-refractivity contribution in [2.45, 2.75) is 58.1 Å². The predicted octanol–water partition coefficient (Wildman–Crippen LogP) is 3.72. The molecule has 24 heavy (non-hydrogen) atoms. The Morgan fingerprint density at radius 1 is 1.50 bits per heavy atom. The summed E-state index contributed by atoms with van der Waals surface area (Å²) in [5.74, 6) is 0.242. The molecule has 126 valence electrons. The first-order valence-corrected chi connectivity index (χ1v) is 8.21. The largest absolute Gasteiger partial charge is 0.390 e. The van der Waals surface area contributed by atoms with Crippen LogP contribution in [-0.2, 0) is 4.79 Å². The van der Waals surface area contributed by atoms with Crippen molar-refractivity contribution in [3.63, 3.8) is 0 Å². The second-order valence-corrected chi connectivity index (χ2v) is 7.17. The Morgan fingerprint density at radius 2 is 2.21 bits per heavy atom. The molecule has 1 aliphatic carbocycles. The van der Waals surface area contributed by atoms with E-state index in [1.165, 1.54) is 0 Å². The molecule has 1 aromatic heterocycles. The highest BCUT2D eigenvalue weighted by atomic mass is 16.3. The van der Waals surface area contributed by atoms with Gasteiger partial charge in [-0.3, -0.25) is 10.1 Å². The number of carbonyl (C=O) groups is 1. The molecule has 0 spiro atoms. The van der Waals surface area contributed by atoms with E-state index < -0.39 is 5.60 Å². The molecule has 6 nitrogen and oxygen atoms in total. The van der Waals surface area contributed by atoms with Gasteiger partial charge in [0.1, 0.15) is 0 Å². The van der Waals surface area contributed by atoms with E-state index in [0.717, 1.165) is 35.9 Å². The van der Waals surface area contributed by atoms with Crippen molar-refractivity contribution in [2.75, 3.05) is 5.32 Å². The van der Waals surface area contributed by atoms with Gasteiger partial charge in [-0.2, -0.15) is 0 Å². The SMILES string of the molecule is [C-]#[N+]c1cc2c(cc1C)nc(NC(=O)CC(C)(C)O)n2C1CCC1. The Kier molecular flexibility index (Phi) is 4.06. The molecule has 2 N–H and O–H groups in total. The molecule has 0 radical (unpaired) electrons. The first kappa shape index (κ1) is 16.5. The molecular weight excluding hydrogens is 304 g/mol. The van der Waals surface area contributed by atoms with E-state index in [1.807, 2.05) is 23.6 Å². The van der Waals surface area contributed by atoms with Crippen LogP contribution in [0, 0.1) is 13.5 Å². The zero-order chi connectivity index (χ0) is 17.5. The minimum atomic E-state index is -1.06. The van der Waals surface area contributed by atoms with Gasteiger partial charge >= 0.3 is 0 Å². The average Bonchev–Trinajstić information content (AvgIpc) is 2.71. The average molecular weight is 326 g/mol. The Labute approximate surface area is 141 Å². The van der Waals surface area contributed by atoms with E-state index in [9.17, 15) is 9.90 Å². The summed E-state index contributed by atoms with van der Waals surface area (Å²) in [5.41, 5.74) is 2.09. The normalized spacial score (nSPS) is 15.1. The van der Waals surface area contributed by atoms with Crippen LogP contribution in [0.2, 0.25) is 0 Å². The van der Waals surface area contributed by atoms with Crippen LogP contribution in [-0.4, -0.2) is 26.2 Å². The van der Waals surface area contributed by atoms with Crippen molar-refractivity contribution in [3.05, 3.63) is 29.1 Å². The summed E-state index contributed by atoms with van der Waals surface area (Å²) >= 11 is 0. The highest BCUT2D eigenvalue weighted by Crippen LogP contribution is 2.38. The zero-order valence-electron chi connectivity index (χ0n) is 14.3. The molecule has 1 aliphatic rings. The van der Waals surface area contributed by atoms with Gasteiger partial charge < -0.3 is 9.67 Å². The van der Waals surface area contributed by atoms with E-state index in [0.29, 0.717) is 17.7 Å². The lowest BCUT2D eigenvalue weighted by molar-refractivity contribution is -0.119. The van der Waals surface area contributed by atoms with Gasteiger partial charge in [-0.05, 0) is 57.7 Å². The van der Waals surface area contributed by atoms with Crippen molar-refractivity contribution in [1.82, 2.24) is 9.55 Å². The van der Waals surface area contributed by atoms with Gasteiger partial charge in [0, 0.05) is 6.04 Å². The maximum Gasteiger partial charge on any atom is 0.229 e. The lowest BCUT2D eigenvalue weighted by Crippen LogP contribution is -2.29. The summed E-state index contributed by atoms with van der Waals surface area (Å²) in [6.07, 6.45) is 3.25. The molecule has 2 aromatic rings. The van der Waals surface area contributed by atoms with Crippen LogP contribution in [0.5, 0.6) is 0 Å². The van der Waals surface area contributed by atoms with Crippen LogP contribution in [0.4, 0.5) is 11.6 Å². The number of aryl methyl sites for hydroxylation is 1. The maximum atomic E-state index is 12.2. The van der Waals surface area contributed by atoms with Crippen molar-refractivity contribution in [3.8, 4) is 0 Å². The van der Waals surface area contributed by atoms with E-state index in [2.05, 4.69) is 15.1 Å². The standard InChI is InChI=1S/C18H22N4O2/c1-11-8-14-15(9-13(11)19-4)22(12-6-5-7-12)17(20-14)21-16(23)10-18(2,3)24/h8-9,12,24H,5-7,10H2,1-3H3,(H,20,21,23). The zero-order valence-corrected chi connectivity index (χ0v) is 14.3. The van der Waals surface area contributed by atoms with E-state index in [4.69, 9.17) is 6.57 Å². The third kappa shape index (κ3) is 3.13. The fraction of sp³-hybridized carbons (Fsp3) is 0.500. The fourth-order valence-corrected chi connectivity index (χ4v) is 3.02. The third-order valence-electron chi connectivity index (χ3n) is 4.41. The molecule has 1 fully saturated rings. The minimum Gasteiger partial charge on any atom is -0.390 e. The summed E-state index contributed by atoms with van der Waals surface area (Å²) in [6.45, 7) is 12.4. The number of imidazole rings is 1. The number of aromatic nitrogens is 2. The molecule has 0 bridgehead atoms. The second-order valence-electron chi connectivity index (χ2n) is 7.17. The molecule has 0 saturated heterocycles. The van der Waals surface area contributed by atoms with E-state index in [-0.39, 0.29) is 12.3 Å². The number of hydrogen-bond acceptors (Lipinski definition) is 3.